The second-order valence-corrected chi connectivity index (χ2v) is 7.98. The number of carbonyl (C=O) groups excluding carboxylic acids is 1. The van der Waals surface area contributed by atoms with Crippen LogP contribution in [0.3, 0.4) is 0 Å². The number of aromatic carboxylic acids is 1. The monoisotopic (exact) mass is 448 g/mol. The number of aryl methyl sites for hydroxylation is 1. The van der Waals surface area contributed by atoms with Gasteiger partial charge in [-0.3, -0.25) is 4.79 Å². The van der Waals surface area contributed by atoms with Crippen molar-refractivity contribution < 1.29 is 23.8 Å². The zero-order chi connectivity index (χ0) is 22.7. The van der Waals surface area contributed by atoms with Crippen LogP contribution in [0.4, 0.5) is 0 Å². The van der Waals surface area contributed by atoms with Gasteiger partial charge in [0.25, 0.3) is 5.91 Å². The maximum absolute atomic E-state index is 12.9. The summed E-state index contributed by atoms with van der Waals surface area (Å²) in [4.78, 5) is 29.0. The fraction of sp³-hybridized carbons (Fsp3) is 0.125. The van der Waals surface area contributed by atoms with Crippen molar-refractivity contribution in [1.82, 2.24) is 10.3 Å². The number of carboxylic acids is 1. The Bertz CT molecular complexity index is 1280. The fourth-order valence-corrected chi connectivity index (χ4v) is 4.23. The van der Waals surface area contributed by atoms with Crippen LogP contribution in [0.25, 0.3) is 21.9 Å². The highest BCUT2D eigenvalue weighted by Gasteiger charge is 2.17. The number of aromatic nitrogens is 1. The van der Waals surface area contributed by atoms with Crippen LogP contribution in [0.15, 0.2) is 65.1 Å². The number of hydrogen-bond acceptors (Lipinski definition) is 6. The Kier molecular flexibility index (Phi) is 6.04. The number of rotatable bonds is 7. The Balaban J connectivity index is 1.53. The van der Waals surface area contributed by atoms with Crippen molar-refractivity contribution in [2.24, 2.45) is 0 Å². The van der Waals surface area contributed by atoms with Crippen molar-refractivity contribution in [2.45, 2.75) is 13.5 Å². The third-order valence-corrected chi connectivity index (χ3v) is 6.05. The molecule has 0 aliphatic carbocycles. The van der Waals surface area contributed by atoms with Crippen LogP contribution < -0.4 is 10.1 Å². The molecule has 32 heavy (non-hydrogen) atoms. The van der Waals surface area contributed by atoms with E-state index in [-0.39, 0.29) is 18.2 Å². The minimum absolute atomic E-state index is 0.138. The number of ether oxygens (including phenoxy) is 1. The molecule has 4 rings (SSSR count). The molecule has 0 unspecified atom stereocenters. The van der Waals surface area contributed by atoms with Crippen LogP contribution in [0.5, 0.6) is 5.75 Å². The van der Waals surface area contributed by atoms with Crippen LogP contribution in [-0.4, -0.2) is 29.1 Å². The number of carbonyl (C=O) groups is 2. The lowest BCUT2D eigenvalue weighted by Crippen LogP contribution is -2.22. The highest BCUT2D eigenvalue weighted by Crippen LogP contribution is 2.30. The summed E-state index contributed by atoms with van der Waals surface area (Å²) in [7, 11) is 1.55. The van der Waals surface area contributed by atoms with E-state index >= 15 is 0 Å². The van der Waals surface area contributed by atoms with Gasteiger partial charge in [-0.25, -0.2) is 9.78 Å². The number of benzene rings is 2. The average molecular weight is 449 g/mol. The molecule has 1 amide bonds. The number of hydrogen-bond donors (Lipinski definition) is 2. The number of nitrogens with zero attached hydrogens (tertiary/aromatic N) is 1. The topological polar surface area (TPSA) is 102 Å². The lowest BCUT2D eigenvalue weighted by molar-refractivity contribution is 0.0663. The first-order valence-electron chi connectivity index (χ1n) is 9.77. The molecule has 7 nitrogen and oxygen atoms in total. The van der Waals surface area contributed by atoms with E-state index in [2.05, 4.69) is 10.3 Å². The fourth-order valence-electron chi connectivity index (χ4n) is 3.25. The predicted molar refractivity (Wildman–Crippen MR) is 121 cm³/mol. The lowest BCUT2D eigenvalue weighted by Gasteiger charge is -2.11. The molecule has 0 aliphatic heterocycles. The first-order chi connectivity index (χ1) is 15.5. The van der Waals surface area contributed by atoms with Gasteiger partial charge in [0, 0.05) is 23.2 Å². The molecule has 0 spiro atoms. The molecular formula is C24H20N2O5S. The number of methoxy groups -OCH3 is 1. The van der Waals surface area contributed by atoms with Gasteiger partial charge < -0.3 is 19.6 Å². The van der Waals surface area contributed by atoms with Gasteiger partial charge >= 0.3 is 5.97 Å². The van der Waals surface area contributed by atoms with Crippen molar-refractivity contribution in [2.75, 3.05) is 7.11 Å². The van der Waals surface area contributed by atoms with E-state index < -0.39 is 5.97 Å². The third kappa shape index (κ3) is 4.40. The van der Waals surface area contributed by atoms with Gasteiger partial charge in [0.2, 0.25) is 5.76 Å². The van der Waals surface area contributed by atoms with E-state index in [4.69, 9.17) is 14.3 Å². The molecule has 2 heterocycles. The Labute approximate surface area is 188 Å². The van der Waals surface area contributed by atoms with Gasteiger partial charge in [-0.1, -0.05) is 30.3 Å². The Hall–Kier alpha value is -3.91. The number of thiazole rings is 1. The van der Waals surface area contributed by atoms with Crippen molar-refractivity contribution >= 4 is 23.2 Å². The minimum Gasteiger partial charge on any atom is -0.496 e. The number of nitrogens with one attached hydrogen (secondary N) is 1. The number of carboxylic acid groups (broad SMARTS) is 1. The van der Waals surface area contributed by atoms with Gasteiger partial charge in [0.1, 0.15) is 21.4 Å². The molecule has 0 atom stereocenters. The molecule has 0 aliphatic rings. The molecule has 8 heteroatoms. The molecule has 2 aromatic carbocycles. The molecule has 0 bridgehead atoms. The Morgan fingerprint density at radius 3 is 2.56 bits per heavy atom. The molecule has 162 valence electrons. The second kappa shape index (κ2) is 9.07. The van der Waals surface area contributed by atoms with E-state index in [1.165, 1.54) is 17.4 Å². The van der Waals surface area contributed by atoms with Gasteiger partial charge in [0.05, 0.1) is 12.8 Å². The van der Waals surface area contributed by atoms with Crippen LogP contribution in [-0.2, 0) is 6.54 Å². The molecule has 2 aromatic heterocycles. The molecule has 0 fully saturated rings. The van der Waals surface area contributed by atoms with Crippen molar-refractivity contribution in [3.05, 3.63) is 82.6 Å². The maximum atomic E-state index is 12.9. The molecular weight excluding hydrogens is 428 g/mol. The normalized spacial score (nSPS) is 10.7. The third-order valence-electron chi connectivity index (χ3n) is 4.84. The van der Waals surface area contributed by atoms with Crippen LogP contribution in [0.2, 0.25) is 0 Å². The van der Waals surface area contributed by atoms with E-state index in [1.807, 2.05) is 37.3 Å². The Morgan fingerprint density at radius 1 is 1.09 bits per heavy atom. The predicted octanol–water partition coefficient (Wildman–Crippen LogP) is 5.02. The van der Waals surface area contributed by atoms with Crippen molar-refractivity contribution in [1.29, 1.82) is 0 Å². The standard InChI is InChI=1S/C24H20N2O5S/c1-14-21(32-23(26-14)15-6-4-3-5-7-15)22(27)25-13-17-12-16(8-9-18(17)30-2)19-10-11-20(31-19)24(28)29/h3-12H,13H2,1-2H3,(H,25,27)(H,28,29). The minimum atomic E-state index is -1.13. The highest BCUT2D eigenvalue weighted by molar-refractivity contribution is 7.17. The molecule has 0 saturated heterocycles. The zero-order valence-corrected chi connectivity index (χ0v) is 18.2. The average Bonchev–Trinajstić information content (AvgIpc) is 3.45. The van der Waals surface area contributed by atoms with Gasteiger partial charge in [0.15, 0.2) is 0 Å². The largest absolute Gasteiger partial charge is 0.496 e. The van der Waals surface area contributed by atoms with E-state index in [1.54, 1.807) is 31.4 Å². The summed E-state index contributed by atoms with van der Waals surface area (Å²) in [6, 6.07) is 18.1. The number of amides is 1. The Morgan fingerprint density at radius 2 is 1.88 bits per heavy atom. The van der Waals surface area contributed by atoms with Crippen LogP contribution in [0, 0.1) is 6.92 Å². The molecule has 2 N–H and O–H groups in total. The SMILES string of the molecule is COc1ccc(-c2ccc(C(=O)O)o2)cc1CNC(=O)c1sc(-c2ccccc2)nc1C. The molecule has 4 aromatic rings. The van der Waals surface area contributed by atoms with Crippen LogP contribution in [0.1, 0.15) is 31.5 Å². The van der Waals surface area contributed by atoms with Crippen LogP contribution >= 0.6 is 11.3 Å². The summed E-state index contributed by atoms with van der Waals surface area (Å²) in [5, 5.41) is 12.8. The molecule has 0 saturated carbocycles. The van der Waals surface area contributed by atoms with Gasteiger partial charge in [-0.05, 0) is 37.3 Å². The van der Waals surface area contributed by atoms with E-state index in [0.717, 1.165) is 16.1 Å². The summed E-state index contributed by atoms with van der Waals surface area (Å²) >= 11 is 1.35. The summed E-state index contributed by atoms with van der Waals surface area (Å²) in [5.74, 6) is -0.470. The molecule has 0 radical (unpaired) electrons. The summed E-state index contributed by atoms with van der Waals surface area (Å²) < 4.78 is 10.8. The highest BCUT2D eigenvalue weighted by atomic mass is 32.1. The number of furan rings is 1. The summed E-state index contributed by atoms with van der Waals surface area (Å²) in [6.45, 7) is 2.04. The summed E-state index contributed by atoms with van der Waals surface area (Å²) in [5.41, 5.74) is 3.05. The zero-order valence-electron chi connectivity index (χ0n) is 17.4. The first kappa shape index (κ1) is 21.3. The summed E-state index contributed by atoms with van der Waals surface area (Å²) in [6.07, 6.45) is 0. The van der Waals surface area contributed by atoms with Crippen molar-refractivity contribution in [3.63, 3.8) is 0 Å². The van der Waals surface area contributed by atoms with Gasteiger partial charge in [-0.15, -0.1) is 11.3 Å². The van der Waals surface area contributed by atoms with Crippen molar-refractivity contribution in [3.8, 4) is 27.6 Å². The van der Waals surface area contributed by atoms with E-state index in [9.17, 15) is 9.59 Å². The first-order valence-corrected chi connectivity index (χ1v) is 10.6. The quantitative estimate of drug-likeness (QED) is 0.412. The van der Waals surface area contributed by atoms with Gasteiger partial charge in [-0.2, -0.15) is 0 Å². The van der Waals surface area contributed by atoms with E-state index in [0.29, 0.717) is 27.6 Å². The maximum Gasteiger partial charge on any atom is 0.371 e. The lowest BCUT2D eigenvalue weighted by atomic mass is 10.1. The second-order valence-electron chi connectivity index (χ2n) is 6.98. The smallest absolute Gasteiger partial charge is 0.371 e.